The number of halogens is 2. The summed E-state index contributed by atoms with van der Waals surface area (Å²) in [5.74, 6) is -1.37. The summed E-state index contributed by atoms with van der Waals surface area (Å²) in [4.78, 5) is 14.3. The molecule has 1 aliphatic heterocycles. The first kappa shape index (κ1) is 19.9. The molecule has 1 N–H and O–H groups in total. The summed E-state index contributed by atoms with van der Waals surface area (Å²) < 4.78 is 40.5. The van der Waals surface area contributed by atoms with Crippen molar-refractivity contribution in [1.29, 1.82) is 0 Å². The van der Waals surface area contributed by atoms with Crippen molar-refractivity contribution in [1.82, 2.24) is 19.5 Å². The Morgan fingerprint density at radius 1 is 1.30 bits per heavy atom. The number of hydrogen-bond acceptors (Lipinski definition) is 7. The number of imidazole rings is 1. The SMILES string of the molecule is COc1cc(Nc2ncc3c(n2)N(C)C(C(C)(F)F)CO3)ccc1-n1cnc(C)c1. The molecule has 1 aromatic carbocycles. The average molecular weight is 416 g/mol. The molecule has 0 fully saturated rings. The summed E-state index contributed by atoms with van der Waals surface area (Å²) in [6.45, 7) is 2.65. The highest BCUT2D eigenvalue weighted by molar-refractivity contribution is 5.64. The van der Waals surface area contributed by atoms with E-state index in [0.717, 1.165) is 18.3 Å². The number of anilines is 3. The number of fused-ring (bicyclic) bond motifs is 1. The Kier molecular flexibility index (Phi) is 4.92. The van der Waals surface area contributed by atoms with E-state index < -0.39 is 12.0 Å². The van der Waals surface area contributed by atoms with Crippen LogP contribution in [0.1, 0.15) is 12.6 Å². The van der Waals surface area contributed by atoms with Crippen LogP contribution in [0.4, 0.5) is 26.2 Å². The fourth-order valence-electron chi connectivity index (χ4n) is 3.34. The average Bonchev–Trinajstić information content (AvgIpc) is 3.13. The third kappa shape index (κ3) is 3.72. The second-order valence-corrected chi connectivity index (χ2v) is 7.21. The van der Waals surface area contributed by atoms with E-state index in [1.165, 1.54) is 11.1 Å². The van der Waals surface area contributed by atoms with Gasteiger partial charge >= 0.3 is 0 Å². The van der Waals surface area contributed by atoms with E-state index in [0.29, 0.717) is 23.0 Å². The molecule has 0 saturated heterocycles. The summed E-state index contributed by atoms with van der Waals surface area (Å²) in [6.07, 6.45) is 5.08. The monoisotopic (exact) mass is 416 g/mol. The molecule has 4 rings (SSSR count). The van der Waals surface area contributed by atoms with Crippen LogP contribution in [0.5, 0.6) is 11.5 Å². The lowest BCUT2D eigenvalue weighted by molar-refractivity contribution is -0.0242. The van der Waals surface area contributed by atoms with Crippen molar-refractivity contribution in [3.63, 3.8) is 0 Å². The third-order valence-corrected chi connectivity index (χ3v) is 4.95. The van der Waals surface area contributed by atoms with Gasteiger partial charge < -0.3 is 24.3 Å². The van der Waals surface area contributed by atoms with Crippen LogP contribution in [-0.2, 0) is 0 Å². The summed E-state index contributed by atoms with van der Waals surface area (Å²) in [5.41, 5.74) is 2.41. The number of likely N-dealkylation sites (N-methyl/N-ethyl adjacent to an activating group) is 1. The molecule has 10 heteroatoms. The van der Waals surface area contributed by atoms with E-state index >= 15 is 0 Å². The molecule has 8 nitrogen and oxygen atoms in total. The molecule has 0 radical (unpaired) electrons. The number of nitrogens with one attached hydrogen (secondary N) is 1. The van der Waals surface area contributed by atoms with E-state index in [2.05, 4.69) is 20.3 Å². The van der Waals surface area contributed by atoms with Gasteiger partial charge in [0.1, 0.15) is 18.4 Å². The molecule has 0 aliphatic carbocycles. The van der Waals surface area contributed by atoms with Crippen molar-refractivity contribution in [2.75, 3.05) is 31.0 Å². The predicted molar refractivity (Wildman–Crippen MR) is 108 cm³/mol. The maximum atomic E-state index is 13.9. The first-order valence-electron chi connectivity index (χ1n) is 9.33. The number of aryl methyl sites for hydroxylation is 1. The zero-order valence-corrected chi connectivity index (χ0v) is 17.1. The van der Waals surface area contributed by atoms with Crippen LogP contribution in [0.25, 0.3) is 5.69 Å². The molecule has 2 aromatic heterocycles. The summed E-state index contributed by atoms with van der Waals surface area (Å²) in [7, 11) is 3.16. The van der Waals surface area contributed by atoms with Crippen LogP contribution in [0.3, 0.4) is 0 Å². The fourth-order valence-corrected chi connectivity index (χ4v) is 3.34. The van der Waals surface area contributed by atoms with Crippen LogP contribution >= 0.6 is 0 Å². The largest absolute Gasteiger partial charge is 0.494 e. The zero-order chi connectivity index (χ0) is 21.5. The molecule has 1 unspecified atom stereocenters. The molecule has 158 valence electrons. The Hall–Kier alpha value is -3.43. The number of aromatic nitrogens is 4. The van der Waals surface area contributed by atoms with E-state index in [4.69, 9.17) is 9.47 Å². The number of alkyl halides is 2. The second kappa shape index (κ2) is 7.43. The van der Waals surface area contributed by atoms with Crippen molar-refractivity contribution in [2.24, 2.45) is 0 Å². The number of ether oxygens (including phenoxy) is 2. The van der Waals surface area contributed by atoms with Crippen molar-refractivity contribution in [3.05, 3.63) is 42.6 Å². The molecule has 3 aromatic rings. The Labute approximate surface area is 172 Å². The van der Waals surface area contributed by atoms with Crippen LogP contribution in [0.15, 0.2) is 36.9 Å². The van der Waals surface area contributed by atoms with Gasteiger partial charge in [-0.1, -0.05) is 0 Å². The van der Waals surface area contributed by atoms with Crippen molar-refractivity contribution in [3.8, 4) is 17.2 Å². The van der Waals surface area contributed by atoms with Crippen LogP contribution < -0.4 is 19.7 Å². The molecular weight excluding hydrogens is 394 g/mol. The number of rotatable bonds is 5. The Morgan fingerprint density at radius 2 is 2.10 bits per heavy atom. The summed E-state index contributed by atoms with van der Waals surface area (Å²) in [5, 5.41) is 3.09. The van der Waals surface area contributed by atoms with Crippen molar-refractivity contribution < 1.29 is 18.3 Å². The lowest BCUT2D eigenvalue weighted by Gasteiger charge is -2.37. The molecule has 1 atom stereocenters. The predicted octanol–water partition coefficient (Wildman–Crippen LogP) is 3.58. The fraction of sp³-hybridized carbons (Fsp3) is 0.350. The molecule has 0 saturated carbocycles. The van der Waals surface area contributed by atoms with Crippen LogP contribution in [0.2, 0.25) is 0 Å². The summed E-state index contributed by atoms with van der Waals surface area (Å²) >= 11 is 0. The minimum atomic E-state index is -2.93. The molecule has 3 heterocycles. The maximum Gasteiger partial charge on any atom is 0.268 e. The van der Waals surface area contributed by atoms with Gasteiger partial charge in [-0.25, -0.2) is 18.7 Å². The minimum absolute atomic E-state index is 0.129. The van der Waals surface area contributed by atoms with Crippen molar-refractivity contribution >= 4 is 17.5 Å². The van der Waals surface area contributed by atoms with E-state index in [-0.39, 0.29) is 12.6 Å². The molecule has 1 aliphatic rings. The molecule has 30 heavy (non-hydrogen) atoms. The summed E-state index contributed by atoms with van der Waals surface area (Å²) in [6, 6.07) is 4.42. The second-order valence-electron chi connectivity index (χ2n) is 7.21. The normalized spacial score (nSPS) is 16.1. The van der Waals surface area contributed by atoms with E-state index in [1.54, 1.807) is 26.6 Å². The van der Waals surface area contributed by atoms with Gasteiger partial charge in [0.05, 0.1) is 31.0 Å². The molecule has 0 spiro atoms. The van der Waals surface area contributed by atoms with Gasteiger partial charge in [-0.05, 0) is 19.1 Å². The van der Waals surface area contributed by atoms with E-state index in [1.807, 2.05) is 29.8 Å². The first-order chi connectivity index (χ1) is 14.3. The molecular formula is C20H22F2N6O2. The third-order valence-electron chi connectivity index (χ3n) is 4.95. The van der Waals surface area contributed by atoms with Crippen molar-refractivity contribution in [2.45, 2.75) is 25.8 Å². The maximum absolute atomic E-state index is 13.9. The smallest absolute Gasteiger partial charge is 0.268 e. The van der Waals surface area contributed by atoms with Gasteiger partial charge in [0.25, 0.3) is 5.92 Å². The van der Waals surface area contributed by atoms with Gasteiger partial charge in [0.15, 0.2) is 11.6 Å². The highest BCUT2D eigenvalue weighted by Gasteiger charge is 2.42. The Bertz CT molecular complexity index is 1070. The van der Waals surface area contributed by atoms with E-state index in [9.17, 15) is 8.78 Å². The topological polar surface area (TPSA) is 77.3 Å². The quantitative estimate of drug-likeness (QED) is 0.681. The van der Waals surface area contributed by atoms with Gasteiger partial charge in [0.2, 0.25) is 5.95 Å². The Morgan fingerprint density at radius 3 is 2.77 bits per heavy atom. The number of nitrogens with zero attached hydrogens (tertiary/aromatic N) is 5. The lowest BCUT2D eigenvalue weighted by Crippen LogP contribution is -2.51. The minimum Gasteiger partial charge on any atom is -0.494 e. The van der Waals surface area contributed by atoms with Crippen LogP contribution in [-0.4, -0.2) is 52.2 Å². The number of hydrogen-bond donors (Lipinski definition) is 1. The number of benzene rings is 1. The van der Waals surface area contributed by atoms with Gasteiger partial charge in [-0.2, -0.15) is 4.98 Å². The lowest BCUT2D eigenvalue weighted by atomic mass is 10.1. The van der Waals surface area contributed by atoms with Gasteiger partial charge in [-0.15, -0.1) is 0 Å². The highest BCUT2D eigenvalue weighted by Crippen LogP contribution is 2.36. The molecule has 0 bridgehead atoms. The highest BCUT2D eigenvalue weighted by atomic mass is 19.3. The molecule has 0 amide bonds. The zero-order valence-electron chi connectivity index (χ0n) is 17.1. The first-order valence-corrected chi connectivity index (χ1v) is 9.33. The Balaban J connectivity index is 1.60. The van der Waals surface area contributed by atoms with Gasteiger partial charge in [0, 0.05) is 31.9 Å². The number of methoxy groups -OCH3 is 1. The van der Waals surface area contributed by atoms with Crippen LogP contribution in [0, 0.1) is 6.92 Å². The standard InChI is InChI=1S/C20H22F2N6O2/c1-12-9-28(11-24-12)14-6-5-13(7-15(14)29-4)25-19-23-8-16-18(26-19)27(3)17(10-30-16)20(2,21)22/h5-9,11,17H,10H2,1-4H3,(H,23,25,26). The van der Waals surface area contributed by atoms with Gasteiger partial charge in [-0.3, -0.25) is 0 Å².